The SMILES string of the molecule is O=C(N1CCOCC1)C1(Br)CCC1. The van der Waals surface area contributed by atoms with E-state index in [0.717, 1.165) is 25.9 Å². The molecule has 3 nitrogen and oxygen atoms in total. The average molecular weight is 248 g/mol. The number of halogens is 1. The molecule has 2 rings (SSSR count). The molecule has 1 aliphatic heterocycles. The molecule has 0 aromatic rings. The zero-order valence-electron chi connectivity index (χ0n) is 7.59. The van der Waals surface area contributed by atoms with Crippen molar-refractivity contribution in [3.63, 3.8) is 0 Å². The van der Waals surface area contributed by atoms with Crippen LogP contribution in [0.25, 0.3) is 0 Å². The van der Waals surface area contributed by atoms with Crippen LogP contribution in [0.1, 0.15) is 19.3 Å². The van der Waals surface area contributed by atoms with Gasteiger partial charge in [-0.3, -0.25) is 4.79 Å². The fourth-order valence-electron chi connectivity index (χ4n) is 1.75. The van der Waals surface area contributed by atoms with E-state index in [4.69, 9.17) is 4.74 Å². The Kier molecular flexibility index (Phi) is 2.60. The maximum atomic E-state index is 11.9. The fourth-order valence-corrected chi connectivity index (χ4v) is 2.56. The van der Waals surface area contributed by atoms with Crippen molar-refractivity contribution in [2.24, 2.45) is 0 Å². The zero-order chi connectivity index (χ0) is 9.31. The zero-order valence-corrected chi connectivity index (χ0v) is 9.18. The smallest absolute Gasteiger partial charge is 0.239 e. The number of alkyl halides is 1. The largest absolute Gasteiger partial charge is 0.378 e. The van der Waals surface area contributed by atoms with E-state index in [1.807, 2.05) is 4.90 Å². The van der Waals surface area contributed by atoms with Gasteiger partial charge in [-0.05, 0) is 19.3 Å². The minimum Gasteiger partial charge on any atom is -0.378 e. The van der Waals surface area contributed by atoms with Crippen LogP contribution in [-0.2, 0) is 9.53 Å². The highest BCUT2D eigenvalue weighted by Gasteiger charge is 2.44. The summed E-state index contributed by atoms with van der Waals surface area (Å²) < 4.78 is 4.99. The van der Waals surface area contributed by atoms with Gasteiger partial charge in [0.2, 0.25) is 5.91 Å². The molecule has 2 aliphatic rings. The first-order valence-electron chi connectivity index (χ1n) is 4.78. The second kappa shape index (κ2) is 3.58. The summed E-state index contributed by atoms with van der Waals surface area (Å²) in [5, 5.41) is 0. The van der Waals surface area contributed by atoms with E-state index in [0.29, 0.717) is 13.2 Å². The molecule has 0 bridgehead atoms. The molecule has 2 fully saturated rings. The third-order valence-electron chi connectivity index (χ3n) is 2.83. The second-order valence-electron chi connectivity index (χ2n) is 3.72. The molecule has 0 atom stereocenters. The number of hydrogen-bond acceptors (Lipinski definition) is 2. The third-order valence-corrected chi connectivity index (χ3v) is 3.96. The van der Waals surface area contributed by atoms with Gasteiger partial charge >= 0.3 is 0 Å². The van der Waals surface area contributed by atoms with Gasteiger partial charge in [-0.1, -0.05) is 15.9 Å². The first kappa shape index (κ1) is 9.46. The van der Waals surface area contributed by atoms with Crippen LogP contribution in [0, 0.1) is 0 Å². The van der Waals surface area contributed by atoms with Crippen molar-refractivity contribution in [3.05, 3.63) is 0 Å². The quantitative estimate of drug-likeness (QED) is 0.652. The first-order valence-corrected chi connectivity index (χ1v) is 5.58. The van der Waals surface area contributed by atoms with E-state index in [-0.39, 0.29) is 10.2 Å². The van der Waals surface area contributed by atoms with Gasteiger partial charge in [0.1, 0.15) is 4.32 Å². The van der Waals surface area contributed by atoms with E-state index < -0.39 is 0 Å². The number of amides is 1. The van der Waals surface area contributed by atoms with Crippen LogP contribution in [0.15, 0.2) is 0 Å². The molecule has 0 aromatic heterocycles. The Hall–Kier alpha value is -0.0900. The first-order chi connectivity index (χ1) is 6.22. The monoisotopic (exact) mass is 247 g/mol. The molecule has 0 unspecified atom stereocenters. The molecule has 0 aromatic carbocycles. The molecule has 74 valence electrons. The Morgan fingerprint density at radius 2 is 1.92 bits per heavy atom. The van der Waals surface area contributed by atoms with Gasteiger partial charge in [0.15, 0.2) is 0 Å². The molecule has 4 heteroatoms. The Morgan fingerprint density at radius 3 is 2.38 bits per heavy atom. The summed E-state index contributed by atoms with van der Waals surface area (Å²) in [7, 11) is 0. The summed E-state index contributed by atoms with van der Waals surface area (Å²) in [6, 6.07) is 0. The Morgan fingerprint density at radius 1 is 1.31 bits per heavy atom. The van der Waals surface area contributed by atoms with Crippen LogP contribution in [0.3, 0.4) is 0 Å². The minimum absolute atomic E-state index is 0.218. The highest BCUT2D eigenvalue weighted by molar-refractivity contribution is 9.10. The van der Waals surface area contributed by atoms with Gasteiger partial charge in [0.05, 0.1) is 13.2 Å². The maximum Gasteiger partial charge on any atom is 0.239 e. The van der Waals surface area contributed by atoms with Crippen molar-refractivity contribution in [1.82, 2.24) is 4.90 Å². The van der Waals surface area contributed by atoms with Crippen LogP contribution in [0.2, 0.25) is 0 Å². The lowest BCUT2D eigenvalue weighted by atomic mass is 9.84. The van der Waals surface area contributed by atoms with Gasteiger partial charge in [-0.15, -0.1) is 0 Å². The normalized spacial score (nSPS) is 26.7. The number of carbonyl (C=O) groups excluding carboxylic acids is 1. The average Bonchev–Trinajstić information content (AvgIpc) is 2.14. The predicted octanol–water partition coefficient (Wildman–Crippen LogP) is 1.16. The molecular weight excluding hydrogens is 234 g/mol. The molecule has 0 spiro atoms. The number of hydrogen-bond donors (Lipinski definition) is 0. The van der Waals surface area contributed by atoms with Crippen molar-refractivity contribution in [1.29, 1.82) is 0 Å². The summed E-state index contributed by atoms with van der Waals surface area (Å²) in [4.78, 5) is 13.8. The molecule has 1 heterocycles. The standard InChI is InChI=1S/C9H14BrNO2/c10-9(2-1-3-9)8(12)11-4-6-13-7-5-11/h1-7H2. The summed E-state index contributed by atoms with van der Waals surface area (Å²) in [6.45, 7) is 2.89. The fraction of sp³-hybridized carbons (Fsp3) is 0.889. The number of nitrogens with zero attached hydrogens (tertiary/aromatic N) is 1. The number of ether oxygens (including phenoxy) is 1. The minimum atomic E-state index is -0.218. The summed E-state index contributed by atoms with van der Waals surface area (Å²) in [5.74, 6) is 0.266. The molecule has 0 radical (unpaired) electrons. The van der Waals surface area contributed by atoms with Gasteiger partial charge in [-0.25, -0.2) is 0 Å². The predicted molar refractivity (Wildman–Crippen MR) is 52.9 cm³/mol. The molecular formula is C9H14BrNO2. The Balaban J connectivity index is 1.95. The van der Waals surface area contributed by atoms with Gasteiger partial charge in [0.25, 0.3) is 0 Å². The molecule has 0 N–H and O–H groups in total. The van der Waals surface area contributed by atoms with Crippen molar-refractivity contribution >= 4 is 21.8 Å². The highest BCUT2D eigenvalue weighted by Crippen LogP contribution is 2.41. The van der Waals surface area contributed by atoms with E-state index in [2.05, 4.69) is 15.9 Å². The molecule has 1 saturated heterocycles. The lowest BCUT2D eigenvalue weighted by molar-refractivity contribution is -0.139. The van der Waals surface area contributed by atoms with Gasteiger partial charge in [-0.2, -0.15) is 0 Å². The summed E-state index contributed by atoms with van der Waals surface area (Å²) >= 11 is 3.54. The third kappa shape index (κ3) is 1.74. The van der Waals surface area contributed by atoms with Crippen molar-refractivity contribution < 1.29 is 9.53 Å². The summed E-state index contributed by atoms with van der Waals surface area (Å²) in [6.07, 6.45) is 3.15. The van der Waals surface area contributed by atoms with Crippen LogP contribution in [0.5, 0.6) is 0 Å². The number of carbonyl (C=O) groups is 1. The van der Waals surface area contributed by atoms with E-state index in [1.165, 1.54) is 6.42 Å². The number of morpholine rings is 1. The summed E-state index contributed by atoms with van der Waals surface area (Å²) in [5.41, 5.74) is 0. The second-order valence-corrected chi connectivity index (χ2v) is 5.24. The van der Waals surface area contributed by atoms with Crippen LogP contribution in [0.4, 0.5) is 0 Å². The van der Waals surface area contributed by atoms with E-state index >= 15 is 0 Å². The lowest BCUT2D eigenvalue weighted by Gasteiger charge is -2.40. The topological polar surface area (TPSA) is 29.5 Å². The van der Waals surface area contributed by atoms with Crippen LogP contribution >= 0.6 is 15.9 Å². The van der Waals surface area contributed by atoms with Gasteiger partial charge in [0, 0.05) is 13.1 Å². The van der Waals surface area contributed by atoms with Gasteiger partial charge < -0.3 is 9.64 Å². The molecule has 1 amide bonds. The van der Waals surface area contributed by atoms with Crippen molar-refractivity contribution in [3.8, 4) is 0 Å². The highest BCUT2D eigenvalue weighted by atomic mass is 79.9. The van der Waals surface area contributed by atoms with Crippen molar-refractivity contribution in [2.45, 2.75) is 23.6 Å². The van der Waals surface area contributed by atoms with E-state index in [1.54, 1.807) is 0 Å². The number of rotatable bonds is 1. The molecule has 1 aliphatic carbocycles. The molecule has 1 saturated carbocycles. The van der Waals surface area contributed by atoms with Crippen molar-refractivity contribution in [2.75, 3.05) is 26.3 Å². The maximum absolute atomic E-state index is 11.9. The molecule has 13 heavy (non-hydrogen) atoms. The Labute approximate surface area is 86.5 Å². The lowest BCUT2D eigenvalue weighted by Crippen LogP contribution is -2.52. The van der Waals surface area contributed by atoms with Crippen LogP contribution in [-0.4, -0.2) is 41.4 Å². The van der Waals surface area contributed by atoms with Crippen LogP contribution < -0.4 is 0 Å². The van der Waals surface area contributed by atoms with E-state index in [9.17, 15) is 4.79 Å². The Bertz CT molecular complexity index is 210.